The molecule has 0 saturated heterocycles. The molecule has 0 saturated carbocycles. The van der Waals surface area contributed by atoms with E-state index in [1.807, 2.05) is 16.7 Å². The lowest BCUT2D eigenvalue weighted by Crippen LogP contribution is -2.16. The highest BCUT2D eigenvalue weighted by Gasteiger charge is 2.31. The first-order chi connectivity index (χ1) is 14.3. The minimum Gasteiger partial charge on any atom is -0.327 e. The maximum atomic E-state index is 13.0. The minimum atomic E-state index is -4.48. The Balaban J connectivity index is 1.70. The number of fused-ring (bicyclic) bond motifs is 1. The van der Waals surface area contributed by atoms with Crippen molar-refractivity contribution in [3.63, 3.8) is 0 Å². The molecule has 0 radical (unpaired) electrons. The zero-order valence-electron chi connectivity index (χ0n) is 16.0. The van der Waals surface area contributed by atoms with E-state index in [1.54, 1.807) is 12.1 Å². The first-order valence-electron chi connectivity index (χ1n) is 9.67. The van der Waals surface area contributed by atoms with Crippen LogP contribution in [0.5, 0.6) is 0 Å². The summed E-state index contributed by atoms with van der Waals surface area (Å²) in [6.45, 7) is 0.733. The Kier molecular flexibility index (Phi) is 5.56. The van der Waals surface area contributed by atoms with Gasteiger partial charge in [0, 0.05) is 22.8 Å². The van der Waals surface area contributed by atoms with Gasteiger partial charge in [0.05, 0.1) is 11.3 Å². The van der Waals surface area contributed by atoms with Crippen molar-refractivity contribution >= 4 is 23.2 Å². The van der Waals surface area contributed by atoms with Crippen LogP contribution in [0.25, 0.3) is 11.4 Å². The molecule has 2 aromatic carbocycles. The third-order valence-electron chi connectivity index (χ3n) is 5.13. The normalized spacial score (nSPS) is 14.1. The van der Waals surface area contributed by atoms with Crippen LogP contribution in [-0.2, 0) is 19.1 Å². The molecule has 1 aliphatic rings. The number of benzene rings is 2. The largest absolute Gasteiger partial charge is 0.416 e. The van der Waals surface area contributed by atoms with E-state index >= 15 is 0 Å². The molecule has 1 aliphatic heterocycles. The standard InChI is InChI=1S/C22H19ClF3N3O/c23-16-10-8-14(9-11-16)20-28-19(18-7-2-1-3-12-29(18)20)21(30)27-17-6-4-5-15(13-17)22(24,25)26/h4-6,8-11,13H,1-3,7,12H2,(H,27,30). The van der Waals surface area contributed by atoms with Gasteiger partial charge in [-0.25, -0.2) is 4.98 Å². The van der Waals surface area contributed by atoms with Crippen molar-refractivity contribution in [1.29, 1.82) is 0 Å². The molecule has 1 aromatic heterocycles. The number of carbonyl (C=O) groups is 1. The quantitative estimate of drug-likeness (QED) is 0.534. The number of amides is 1. The van der Waals surface area contributed by atoms with Gasteiger partial charge in [0.25, 0.3) is 5.91 Å². The Bertz CT molecular complexity index is 1070. The van der Waals surface area contributed by atoms with Crippen LogP contribution in [0.4, 0.5) is 18.9 Å². The summed E-state index contributed by atoms with van der Waals surface area (Å²) in [5, 5.41) is 3.18. The third-order valence-corrected chi connectivity index (χ3v) is 5.39. The second-order valence-electron chi connectivity index (χ2n) is 7.23. The number of hydrogen-bond acceptors (Lipinski definition) is 2. The van der Waals surface area contributed by atoms with E-state index in [2.05, 4.69) is 10.3 Å². The minimum absolute atomic E-state index is 0.0817. The topological polar surface area (TPSA) is 46.9 Å². The highest BCUT2D eigenvalue weighted by atomic mass is 35.5. The molecule has 0 spiro atoms. The fraction of sp³-hybridized carbons (Fsp3) is 0.273. The molecular formula is C22H19ClF3N3O. The SMILES string of the molecule is O=C(Nc1cccc(C(F)(F)F)c1)c1nc(-c2ccc(Cl)cc2)n2c1CCCCC2. The van der Waals surface area contributed by atoms with Crippen molar-refractivity contribution < 1.29 is 18.0 Å². The van der Waals surface area contributed by atoms with Crippen molar-refractivity contribution in [2.45, 2.75) is 38.4 Å². The number of nitrogens with zero attached hydrogens (tertiary/aromatic N) is 2. The van der Waals surface area contributed by atoms with Crippen LogP contribution in [0.15, 0.2) is 48.5 Å². The van der Waals surface area contributed by atoms with Crippen molar-refractivity contribution in [1.82, 2.24) is 9.55 Å². The number of anilines is 1. The van der Waals surface area contributed by atoms with Crippen molar-refractivity contribution in [3.05, 3.63) is 70.5 Å². The summed E-state index contributed by atoms with van der Waals surface area (Å²) in [7, 11) is 0. The summed E-state index contributed by atoms with van der Waals surface area (Å²) in [6.07, 6.45) is -0.857. The Hall–Kier alpha value is -2.80. The van der Waals surface area contributed by atoms with Crippen molar-refractivity contribution in [3.8, 4) is 11.4 Å². The van der Waals surface area contributed by atoms with E-state index in [0.717, 1.165) is 49.2 Å². The number of imidazole rings is 1. The molecule has 0 fully saturated rings. The van der Waals surface area contributed by atoms with Crippen LogP contribution in [0.3, 0.4) is 0 Å². The Morgan fingerprint density at radius 1 is 1.07 bits per heavy atom. The average Bonchev–Trinajstić information content (AvgIpc) is 2.89. The van der Waals surface area contributed by atoms with Gasteiger partial charge in [-0.1, -0.05) is 24.1 Å². The van der Waals surface area contributed by atoms with E-state index in [1.165, 1.54) is 12.1 Å². The molecule has 1 N–H and O–H groups in total. The lowest BCUT2D eigenvalue weighted by atomic mass is 10.1. The molecule has 8 heteroatoms. The number of aromatic nitrogens is 2. The molecule has 2 heterocycles. The summed E-state index contributed by atoms with van der Waals surface area (Å²) in [5.74, 6) is 0.151. The molecule has 30 heavy (non-hydrogen) atoms. The van der Waals surface area contributed by atoms with Gasteiger partial charge in [0.2, 0.25) is 0 Å². The number of nitrogens with one attached hydrogen (secondary N) is 1. The van der Waals surface area contributed by atoms with Gasteiger partial charge in [0.15, 0.2) is 0 Å². The fourth-order valence-electron chi connectivity index (χ4n) is 3.68. The monoisotopic (exact) mass is 433 g/mol. The molecule has 4 rings (SSSR count). The van der Waals surface area contributed by atoms with Crippen LogP contribution in [0, 0.1) is 0 Å². The van der Waals surface area contributed by atoms with Gasteiger partial charge in [-0.05, 0) is 61.7 Å². The summed E-state index contributed by atoms with van der Waals surface area (Å²) in [5.41, 5.74) is 1.16. The molecule has 4 nitrogen and oxygen atoms in total. The summed E-state index contributed by atoms with van der Waals surface area (Å²) < 4.78 is 41.0. The van der Waals surface area contributed by atoms with Crippen LogP contribution in [0.1, 0.15) is 41.0 Å². The second-order valence-corrected chi connectivity index (χ2v) is 7.67. The lowest BCUT2D eigenvalue weighted by Gasteiger charge is -2.10. The zero-order valence-corrected chi connectivity index (χ0v) is 16.7. The molecule has 3 aromatic rings. The first kappa shape index (κ1) is 20.5. The Labute approximate surface area is 176 Å². The van der Waals surface area contributed by atoms with E-state index in [4.69, 9.17) is 11.6 Å². The van der Waals surface area contributed by atoms with E-state index in [0.29, 0.717) is 17.3 Å². The number of carbonyl (C=O) groups excluding carboxylic acids is 1. The Morgan fingerprint density at radius 3 is 2.57 bits per heavy atom. The molecule has 0 aliphatic carbocycles. The predicted octanol–water partition coefficient (Wildman–Crippen LogP) is 6.20. The van der Waals surface area contributed by atoms with Crippen LogP contribution in [0.2, 0.25) is 5.02 Å². The highest BCUT2D eigenvalue weighted by Crippen LogP contribution is 2.32. The summed E-state index contributed by atoms with van der Waals surface area (Å²) in [4.78, 5) is 17.6. The number of rotatable bonds is 3. The van der Waals surface area contributed by atoms with E-state index < -0.39 is 17.6 Å². The summed E-state index contributed by atoms with van der Waals surface area (Å²) >= 11 is 5.99. The molecule has 156 valence electrons. The maximum Gasteiger partial charge on any atom is 0.416 e. The molecule has 0 bridgehead atoms. The number of alkyl halides is 3. The van der Waals surface area contributed by atoms with Crippen LogP contribution >= 0.6 is 11.6 Å². The van der Waals surface area contributed by atoms with Crippen LogP contribution < -0.4 is 5.32 Å². The second kappa shape index (κ2) is 8.14. The van der Waals surface area contributed by atoms with Gasteiger partial charge in [-0.2, -0.15) is 13.2 Å². The molecule has 0 unspecified atom stereocenters. The smallest absolute Gasteiger partial charge is 0.327 e. The van der Waals surface area contributed by atoms with Gasteiger partial charge in [0.1, 0.15) is 11.5 Å². The fourth-order valence-corrected chi connectivity index (χ4v) is 3.81. The highest BCUT2D eigenvalue weighted by molar-refractivity contribution is 6.30. The maximum absolute atomic E-state index is 13.0. The van der Waals surface area contributed by atoms with E-state index in [9.17, 15) is 18.0 Å². The summed E-state index contributed by atoms with van der Waals surface area (Å²) in [6, 6.07) is 11.8. The van der Waals surface area contributed by atoms with Crippen molar-refractivity contribution in [2.75, 3.05) is 5.32 Å². The lowest BCUT2D eigenvalue weighted by molar-refractivity contribution is -0.137. The van der Waals surface area contributed by atoms with Gasteiger partial charge >= 0.3 is 6.18 Å². The average molecular weight is 434 g/mol. The van der Waals surface area contributed by atoms with Crippen molar-refractivity contribution in [2.24, 2.45) is 0 Å². The molecular weight excluding hydrogens is 415 g/mol. The van der Waals surface area contributed by atoms with Gasteiger partial charge in [-0.15, -0.1) is 0 Å². The molecule has 1 amide bonds. The number of hydrogen-bond donors (Lipinski definition) is 1. The number of halogens is 4. The molecule has 0 atom stereocenters. The van der Waals surface area contributed by atoms with Gasteiger partial charge in [-0.3, -0.25) is 4.79 Å². The Morgan fingerprint density at radius 2 is 1.83 bits per heavy atom. The predicted molar refractivity (Wildman–Crippen MR) is 110 cm³/mol. The first-order valence-corrected chi connectivity index (χ1v) is 10.0. The van der Waals surface area contributed by atoms with E-state index in [-0.39, 0.29) is 11.4 Å². The third kappa shape index (κ3) is 4.21. The van der Waals surface area contributed by atoms with Crippen LogP contribution in [-0.4, -0.2) is 15.5 Å². The van der Waals surface area contributed by atoms with Gasteiger partial charge < -0.3 is 9.88 Å². The zero-order chi connectivity index (χ0) is 21.3.